The van der Waals surface area contributed by atoms with E-state index < -0.39 is 0 Å². The van der Waals surface area contributed by atoms with Gasteiger partial charge in [0.05, 0.1) is 11.6 Å². The lowest BCUT2D eigenvalue weighted by Crippen LogP contribution is -2.35. The molecule has 0 radical (unpaired) electrons. The van der Waals surface area contributed by atoms with Crippen molar-refractivity contribution in [3.05, 3.63) is 47.9 Å². The Morgan fingerprint density at radius 2 is 1.96 bits per heavy atom. The molecular formula is C19H24N6. The van der Waals surface area contributed by atoms with E-state index in [2.05, 4.69) is 61.6 Å². The van der Waals surface area contributed by atoms with E-state index >= 15 is 0 Å². The van der Waals surface area contributed by atoms with E-state index in [0.717, 1.165) is 43.0 Å². The fourth-order valence-corrected chi connectivity index (χ4v) is 3.45. The Hall–Kier alpha value is -2.47. The van der Waals surface area contributed by atoms with Crippen LogP contribution in [0.15, 0.2) is 36.8 Å². The van der Waals surface area contributed by atoms with E-state index in [-0.39, 0.29) is 0 Å². The van der Waals surface area contributed by atoms with Gasteiger partial charge >= 0.3 is 0 Å². The van der Waals surface area contributed by atoms with E-state index in [0.29, 0.717) is 5.92 Å². The topological polar surface area (TPSA) is 69.7 Å². The Balaban J connectivity index is 1.27. The molecule has 4 rings (SSSR count). The van der Waals surface area contributed by atoms with E-state index in [1.165, 1.54) is 24.0 Å². The first-order chi connectivity index (χ1) is 12.3. The molecule has 0 atom stereocenters. The predicted molar refractivity (Wildman–Crippen MR) is 99.4 cm³/mol. The third kappa shape index (κ3) is 3.79. The molecule has 0 bridgehead atoms. The molecule has 0 spiro atoms. The summed E-state index contributed by atoms with van der Waals surface area (Å²) in [5.41, 5.74) is 3.51. The molecule has 1 saturated heterocycles. The minimum absolute atomic E-state index is 0.686. The van der Waals surface area contributed by atoms with Gasteiger partial charge in [-0.3, -0.25) is 10.00 Å². The highest BCUT2D eigenvalue weighted by atomic mass is 15.2. The summed E-state index contributed by atoms with van der Waals surface area (Å²) in [6, 6.07) is 8.89. The van der Waals surface area contributed by atoms with Gasteiger partial charge in [-0.05, 0) is 44.3 Å². The number of nitrogens with zero attached hydrogens (tertiary/aromatic N) is 4. The van der Waals surface area contributed by atoms with Gasteiger partial charge in [0, 0.05) is 13.1 Å². The highest BCUT2D eigenvalue weighted by molar-refractivity contribution is 5.85. The summed E-state index contributed by atoms with van der Waals surface area (Å²) in [5, 5.41) is 11.4. The predicted octanol–water partition coefficient (Wildman–Crippen LogP) is 2.99. The van der Waals surface area contributed by atoms with Gasteiger partial charge in [0.1, 0.15) is 12.1 Å². The summed E-state index contributed by atoms with van der Waals surface area (Å²) in [5.74, 6) is 1.56. The van der Waals surface area contributed by atoms with Crippen molar-refractivity contribution >= 4 is 16.9 Å². The Morgan fingerprint density at radius 1 is 1.16 bits per heavy atom. The quantitative estimate of drug-likeness (QED) is 0.749. The summed E-state index contributed by atoms with van der Waals surface area (Å²) in [4.78, 5) is 11.1. The Morgan fingerprint density at radius 3 is 2.76 bits per heavy atom. The minimum Gasteiger partial charge on any atom is -0.369 e. The Kier molecular flexibility index (Phi) is 4.61. The largest absolute Gasteiger partial charge is 0.369 e. The minimum atomic E-state index is 0.686. The maximum Gasteiger partial charge on any atom is 0.160 e. The zero-order chi connectivity index (χ0) is 17.1. The molecule has 0 unspecified atom stereocenters. The van der Waals surface area contributed by atoms with Crippen LogP contribution in [0.1, 0.15) is 24.0 Å². The second-order valence-electron chi connectivity index (χ2n) is 6.94. The number of H-pyrrole nitrogens is 1. The highest BCUT2D eigenvalue weighted by Crippen LogP contribution is 2.21. The van der Waals surface area contributed by atoms with Crippen molar-refractivity contribution in [1.29, 1.82) is 0 Å². The van der Waals surface area contributed by atoms with Crippen LogP contribution in [0.4, 0.5) is 5.82 Å². The van der Waals surface area contributed by atoms with Gasteiger partial charge in [-0.2, -0.15) is 5.10 Å². The van der Waals surface area contributed by atoms with Crippen LogP contribution >= 0.6 is 0 Å². The number of piperidine rings is 1. The summed E-state index contributed by atoms with van der Waals surface area (Å²) in [7, 11) is 0. The first kappa shape index (κ1) is 16.0. The third-order valence-corrected chi connectivity index (χ3v) is 5.04. The molecule has 1 fully saturated rings. The molecule has 25 heavy (non-hydrogen) atoms. The molecule has 0 aliphatic carbocycles. The average Bonchev–Trinajstić information content (AvgIpc) is 3.12. The number of fused-ring (bicyclic) bond motifs is 1. The molecule has 1 aliphatic rings. The van der Waals surface area contributed by atoms with E-state index in [4.69, 9.17) is 0 Å². The number of hydrogen-bond donors (Lipinski definition) is 2. The van der Waals surface area contributed by atoms with Gasteiger partial charge in [0.2, 0.25) is 0 Å². The van der Waals surface area contributed by atoms with Crippen LogP contribution in [0, 0.1) is 12.8 Å². The number of aromatic nitrogens is 4. The number of rotatable bonds is 5. The zero-order valence-electron chi connectivity index (χ0n) is 14.6. The molecule has 2 N–H and O–H groups in total. The van der Waals surface area contributed by atoms with Gasteiger partial charge in [0.25, 0.3) is 0 Å². The summed E-state index contributed by atoms with van der Waals surface area (Å²) < 4.78 is 0. The van der Waals surface area contributed by atoms with Crippen molar-refractivity contribution < 1.29 is 0 Å². The smallest absolute Gasteiger partial charge is 0.160 e. The molecule has 0 saturated carbocycles. The number of aromatic amines is 1. The summed E-state index contributed by atoms with van der Waals surface area (Å²) in [6.07, 6.45) is 5.80. The van der Waals surface area contributed by atoms with Gasteiger partial charge < -0.3 is 5.32 Å². The second-order valence-corrected chi connectivity index (χ2v) is 6.94. The molecule has 2 aromatic heterocycles. The van der Waals surface area contributed by atoms with Crippen LogP contribution in [0.3, 0.4) is 0 Å². The van der Waals surface area contributed by atoms with Crippen molar-refractivity contribution in [3.8, 4) is 0 Å². The van der Waals surface area contributed by atoms with Crippen LogP contribution in [-0.2, 0) is 6.54 Å². The van der Waals surface area contributed by atoms with E-state index in [9.17, 15) is 0 Å². The molecule has 3 heterocycles. The summed E-state index contributed by atoms with van der Waals surface area (Å²) in [6.45, 7) is 6.46. The maximum absolute atomic E-state index is 4.35. The first-order valence-corrected chi connectivity index (χ1v) is 8.94. The van der Waals surface area contributed by atoms with Crippen molar-refractivity contribution in [1.82, 2.24) is 25.1 Å². The number of anilines is 1. The molecule has 1 aromatic carbocycles. The Labute approximate surface area is 147 Å². The first-order valence-electron chi connectivity index (χ1n) is 8.94. The molecule has 6 nitrogen and oxygen atoms in total. The van der Waals surface area contributed by atoms with Crippen molar-refractivity contribution in [3.63, 3.8) is 0 Å². The molecular weight excluding hydrogens is 312 g/mol. The highest BCUT2D eigenvalue weighted by Gasteiger charge is 2.19. The molecule has 3 aromatic rings. The number of benzene rings is 1. The van der Waals surface area contributed by atoms with Crippen molar-refractivity contribution in [2.75, 3.05) is 25.0 Å². The lowest BCUT2D eigenvalue weighted by atomic mass is 9.96. The molecule has 130 valence electrons. The summed E-state index contributed by atoms with van der Waals surface area (Å²) >= 11 is 0. The van der Waals surface area contributed by atoms with Crippen LogP contribution in [0.5, 0.6) is 0 Å². The molecule has 1 aliphatic heterocycles. The number of nitrogens with one attached hydrogen (secondary N) is 2. The van der Waals surface area contributed by atoms with E-state index in [1.54, 1.807) is 12.5 Å². The molecule has 0 amide bonds. The average molecular weight is 336 g/mol. The van der Waals surface area contributed by atoms with Gasteiger partial charge in [-0.25, -0.2) is 9.97 Å². The van der Waals surface area contributed by atoms with Crippen molar-refractivity contribution in [2.24, 2.45) is 5.92 Å². The maximum atomic E-state index is 4.35. The van der Waals surface area contributed by atoms with Crippen LogP contribution in [0.25, 0.3) is 11.0 Å². The number of likely N-dealkylation sites (tertiary alicyclic amines) is 1. The van der Waals surface area contributed by atoms with Gasteiger partial charge in [-0.1, -0.05) is 29.8 Å². The van der Waals surface area contributed by atoms with Gasteiger partial charge in [-0.15, -0.1) is 0 Å². The fourth-order valence-electron chi connectivity index (χ4n) is 3.45. The third-order valence-electron chi connectivity index (χ3n) is 5.04. The van der Waals surface area contributed by atoms with Crippen LogP contribution in [0.2, 0.25) is 0 Å². The SMILES string of the molecule is Cc1ccc(CN2CCC(CNc3ncnc4[nH]ncc34)CC2)cc1. The van der Waals surface area contributed by atoms with Crippen LogP contribution < -0.4 is 5.32 Å². The monoisotopic (exact) mass is 336 g/mol. The second kappa shape index (κ2) is 7.19. The van der Waals surface area contributed by atoms with E-state index in [1.807, 2.05) is 0 Å². The van der Waals surface area contributed by atoms with Crippen molar-refractivity contribution in [2.45, 2.75) is 26.3 Å². The lowest BCUT2D eigenvalue weighted by molar-refractivity contribution is 0.182. The number of hydrogen-bond acceptors (Lipinski definition) is 5. The lowest BCUT2D eigenvalue weighted by Gasteiger charge is -2.32. The Bertz CT molecular complexity index is 817. The standard InChI is InChI=1S/C19H24N6/c1-14-2-4-16(5-3-14)12-25-8-6-15(7-9-25)10-20-18-17-11-23-24-19(17)22-13-21-18/h2-5,11,13,15H,6-10,12H2,1H3,(H2,20,21,22,23,24). The molecule has 6 heteroatoms. The van der Waals surface area contributed by atoms with Gasteiger partial charge in [0.15, 0.2) is 5.65 Å². The number of aryl methyl sites for hydroxylation is 1. The normalized spacial score (nSPS) is 16.4. The van der Waals surface area contributed by atoms with Crippen LogP contribution in [-0.4, -0.2) is 44.7 Å². The zero-order valence-corrected chi connectivity index (χ0v) is 14.6. The fraction of sp³-hybridized carbons (Fsp3) is 0.421.